The molecule has 0 atom stereocenters. The normalized spacial score (nSPS) is 10.5. The summed E-state index contributed by atoms with van der Waals surface area (Å²) in [6, 6.07) is 15.5. The molecule has 2 aromatic carbocycles. The van der Waals surface area contributed by atoms with Crippen LogP contribution in [0, 0.1) is 5.82 Å². The Bertz CT molecular complexity index is 611. The van der Waals surface area contributed by atoms with Crippen LogP contribution in [0.15, 0.2) is 60.7 Å². The quantitative estimate of drug-likeness (QED) is 0.654. The largest absolute Gasteiger partial charge is 0.492 e. The molecule has 0 aromatic heterocycles. The van der Waals surface area contributed by atoms with Crippen molar-refractivity contribution >= 4 is 12.0 Å². The Kier molecular flexibility index (Phi) is 5.52. The number of carbonyl (C=O) groups is 1. The highest BCUT2D eigenvalue weighted by Gasteiger charge is 1.97. The first kappa shape index (κ1) is 14.8. The van der Waals surface area contributed by atoms with Crippen LogP contribution < -0.4 is 10.1 Å². The second kappa shape index (κ2) is 7.85. The highest BCUT2D eigenvalue weighted by molar-refractivity contribution is 5.91. The molecule has 2 rings (SSSR count). The van der Waals surface area contributed by atoms with Crippen LogP contribution in [0.2, 0.25) is 0 Å². The molecule has 3 nitrogen and oxygen atoms in total. The smallest absolute Gasteiger partial charge is 0.244 e. The molecule has 0 unspecified atom stereocenters. The lowest BCUT2D eigenvalue weighted by Crippen LogP contribution is -2.26. The Labute approximate surface area is 123 Å². The molecule has 0 aliphatic rings. The molecule has 0 saturated heterocycles. The zero-order valence-electron chi connectivity index (χ0n) is 11.5. The van der Waals surface area contributed by atoms with Gasteiger partial charge in [0.2, 0.25) is 5.91 Å². The molecule has 4 heteroatoms. The maximum Gasteiger partial charge on any atom is 0.244 e. The van der Waals surface area contributed by atoms with Gasteiger partial charge in [0.15, 0.2) is 0 Å². The maximum absolute atomic E-state index is 12.9. The number of carbonyl (C=O) groups excluding carboxylic acids is 1. The lowest BCUT2D eigenvalue weighted by molar-refractivity contribution is -0.116. The molecule has 21 heavy (non-hydrogen) atoms. The molecule has 0 radical (unpaired) electrons. The van der Waals surface area contributed by atoms with E-state index in [0.29, 0.717) is 12.3 Å². The summed E-state index contributed by atoms with van der Waals surface area (Å²) >= 11 is 0. The van der Waals surface area contributed by atoms with Gasteiger partial charge in [-0.3, -0.25) is 4.79 Å². The Morgan fingerprint density at radius 3 is 2.71 bits per heavy atom. The average Bonchev–Trinajstić information content (AvgIpc) is 2.51. The van der Waals surface area contributed by atoms with Gasteiger partial charge >= 0.3 is 0 Å². The fourth-order valence-corrected chi connectivity index (χ4v) is 1.69. The summed E-state index contributed by atoms with van der Waals surface area (Å²) in [7, 11) is 0. The van der Waals surface area contributed by atoms with E-state index in [0.717, 1.165) is 5.56 Å². The monoisotopic (exact) mass is 285 g/mol. The molecule has 0 fully saturated rings. The molecule has 0 bridgehead atoms. The Morgan fingerprint density at radius 2 is 1.95 bits per heavy atom. The number of hydrogen-bond donors (Lipinski definition) is 1. The Balaban J connectivity index is 1.69. The average molecular weight is 285 g/mol. The van der Waals surface area contributed by atoms with E-state index >= 15 is 0 Å². The molecular formula is C17H16FNO2. The third kappa shape index (κ3) is 5.48. The Morgan fingerprint density at radius 1 is 1.14 bits per heavy atom. The highest BCUT2D eigenvalue weighted by atomic mass is 19.1. The number of hydrogen-bond acceptors (Lipinski definition) is 2. The van der Waals surface area contributed by atoms with Gasteiger partial charge in [0, 0.05) is 12.1 Å². The van der Waals surface area contributed by atoms with E-state index in [9.17, 15) is 9.18 Å². The van der Waals surface area contributed by atoms with E-state index in [-0.39, 0.29) is 18.3 Å². The first-order valence-electron chi connectivity index (χ1n) is 6.63. The molecule has 2 aromatic rings. The zero-order chi connectivity index (χ0) is 14.9. The van der Waals surface area contributed by atoms with Crippen LogP contribution in [-0.2, 0) is 4.79 Å². The summed E-state index contributed by atoms with van der Waals surface area (Å²) in [4.78, 5) is 11.6. The van der Waals surface area contributed by atoms with Crippen molar-refractivity contribution in [1.29, 1.82) is 0 Å². The summed E-state index contributed by atoms with van der Waals surface area (Å²) in [5.74, 6) is -0.0897. The van der Waals surface area contributed by atoms with Crippen LogP contribution in [0.4, 0.5) is 4.39 Å². The fourth-order valence-electron chi connectivity index (χ4n) is 1.69. The molecular weight excluding hydrogens is 269 g/mol. The van der Waals surface area contributed by atoms with E-state index < -0.39 is 0 Å². The molecule has 0 spiro atoms. The van der Waals surface area contributed by atoms with E-state index in [1.807, 2.05) is 30.3 Å². The first-order chi connectivity index (χ1) is 10.2. The van der Waals surface area contributed by atoms with Crippen LogP contribution in [0.25, 0.3) is 6.08 Å². The predicted molar refractivity (Wildman–Crippen MR) is 80.4 cm³/mol. The summed E-state index contributed by atoms with van der Waals surface area (Å²) in [6.07, 6.45) is 3.21. The number of nitrogens with one attached hydrogen (secondary N) is 1. The highest BCUT2D eigenvalue weighted by Crippen LogP contribution is 2.11. The number of halogens is 1. The second-order valence-corrected chi connectivity index (χ2v) is 4.34. The van der Waals surface area contributed by atoms with Crippen molar-refractivity contribution < 1.29 is 13.9 Å². The van der Waals surface area contributed by atoms with Gasteiger partial charge in [0.05, 0.1) is 6.54 Å². The van der Waals surface area contributed by atoms with Gasteiger partial charge in [-0.25, -0.2) is 4.39 Å². The van der Waals surface area contributed by atoms with Crippen LogP contribution in [0.5, 0.6) is 5.75 Å². The minimum absolute atomic E-state index is 0.193. The lowest BCUT2D eigenvalue weighted by atomic mass is 10.2. The van der Waals surface area contributed by atoms with Gasteiger partial charge in [-0.15, -0.1) is 0 Å². The Hall–Kier alpha value is -2.62. The maximum atomic E-state index is 12.9. The molecule has 0 aliphatic heterocycles. The summed E-state index contributed by atoms with van der Waals surface area (Å²) < 4.78 is 18.2. The molecule has 0 aliphatic carbocycles. The van der Waals surface area contributed by atoms with Crippen LogP contribution in [-0.4, -0.2) is 19.1 Å². The van der Waals surface area contributed by atoms with Gasteiger partial charge in [-0.1, -0.05) is 36.4 Å². The molecule has 1 amide bonds. The lowest BCUT2D eigenvalue weighted by Gasteiger charge is -2.06. The molecule has 108 valence electrons. The summed E-state index contributed by atoms with van der Waals surface area (Å²) in [6.45, 7) is 0.642. The van der Waals surface area contributed by atoms with Crippen molar-refractivity contribution in [3.05, 3.63) is 72.1 Å². The molecule has 0 heterocycles. The zero-order valence-corrected chi connectivity index (χ0v) is 11.5. The van der Waals surface area contributed by atoms with E-state index in [1.165, 1.54) is 18.2 Å². The van der Waals surface area contributed by atoms with Gasteiger partial charge < -0.3 is 10.1 Å². The third-order valence-corrected chi connectivity index (χ3v) is 2.69. The first-order valence-corrected chi connectivity index (χ1v) is 6.63. The summed E-state index contributed by atoms with van der Waals surface area (Å²) in [5.41, 5.74) is 0.962. The van der Waals surface area contributed by atoms with Gasteiger partial charge in [0.1, 0.15) is 18.2 Å². The van der Waals surface area contributed by atoms with Gasteiger partial charge in [0.25, 0.3) is 0 Å². The van der Waals surface area contributed by atoms with Crippen molar-refractivity contribution in [2.24, 2.45) is 0 Å². The third-order valence-electron chi connectivity index (χ3n) is 2.69. The van der Waals surface area contributed by atoms with Crippen LogP contribution in [0.3, 0.4) is 0 Å². The number of ether oxygens (including phenoxy) is 1. The van der Waals surface area contributed by atoms with Gasteiger partial charge in [-0.2, -0.15) is 0 Å². The van der Waals surface area contributed by atoms with Crippen molar-refractivity contribution in [1.82, 2.24) is 5.32 Å². The van der Waals surface area contributed by atoms with E-state index in [2.05, 4.69) is 5.32 Å². The standard InChI is InChI=1S/C17H16FNO2/c18-15-7-4-8-16(13-15)21-12-11-19-17(20)10-9-14-5-2-1-3-6-14/h1-10,13H,11-12H2,(H,19,20). The topological polar surface area (TPSA) is 38.3 Å². The van der Waals surface area contributed by atoms with E-state index in [4.69, 9.17) is 4.74 Å². The van der Waals surface area contributed by atoms with Crippen molar-refractivity contribution in [3.8, 4) is 5.75 Å². The van der Waals surface area contributed by atoms with Gasteiger partial charge in [-0.05, 0) is 23.8 Å². The molecule has 1 N–H and O–H groups in total. The summed E-state index contributed by atoms with van der Waals surface area (Å²) in [5, 5.41) is 2.69. The van der Waals surface area contributed by atoms with Crippen molar-refractivity contribution in [3.63, 3.8) is 0 Å². The SMILES string of the molecule is O=C(C=Cc1ccccc1)NCCOc1cccc(F)c1. The second-order valence-electron chi connectivity index (χ2n) is 4.34. The van der Waals surface area contributed by atoms with Crippen molar-refractivity contribution in [2.45, 2.75) is 0 Å². The van der Waals surface area contributed by atoms with E-state index in [1.54, 1.807) is 18.2 Å². The number of rotatable bonds is 6. The molecule has 0 saturated carbocycles. The fraction of sp³-hybridized carbons (Fsp3) is 0.118. The number of amides is 1. The van der Waals surface area contributed by atoms with Crippen molar-refractivity contribution in [2.75, 3.05) is 13.2 Å². The minimum atomic E-state index is -0.345. The minimum Gasteiger partial charge on any atom is -0.492 e. The predicted octanol–water partition coefficient (Wildman–Crippen LogP) is 3.03. The number of benzene rings is 2. The van der Waals surface area contributed by atoms with Crippen LogP contribution >= 0.6 is 0 Å². The van der Waals surface area contributed by atoms with Crippen LogP contribution in [0.1, 0.15) is 5.56 Å².